The number of carbonyl (C=O) groups excluding carboxylic acids is 2. The van der Waals surface area contributed by atoms with E-state index in [0.29, 0.717) is 12.8 Å². The zero-order valence-corrected chi connectivity index (χ0v) is 31.1. The molecular formula is C36H69Cl2O5P. The highest BCUT2D eigenvalue weighted by Crippen LogP contribution is 2.57. The quantitative estimate of drug-likeness (QED) is 0.0384. The molecule has 0 spiro atoms. The van der Waals surface area contributed by atoms with Crippen molar-refractivity contribution >= 4 is 40.3 Å². The summed E-state index contributed by atoms with van der Waals surface area (Å²) in [6.07, 6.45) is 32.7. The Morgan fingerprint density at radius 3 is 1.18 bits per heavy atom. The molecule has 0 heterocycles. The Labute approximate surface area is 282 Å². The number of hydrogen-bond acceptors (Lipinski definition) is 5. The van der Waals surface area contributed by atoms with Crippen LogP contribution in [0.2, 0.25) is 0 Å². The van der Waals surface area contributed by atoms with Crippen LogP contribution in [0.15, 0.2) is 0 Å². The maximum absolute atomic E-state index is 12.4. The van der Waals surface area contributed by atoms with E-state index in [9.17, 15) is 14.2 Å². The third-order valence-electron chi connectivity index (χ3n) is 8.41. The molecule has 0 amide bonds. The number of carbonyl (C=O) groups is 2. The van der Waals surface area contributed by atoms with Gasteiger partial charge in [0.05, 0.1) is 0 Å². The van der Waals surface area contributed by atoms with Gasteiger partial charge in [-0.2, -0.15) is 0 Å². The lowest BCUT2D eigenvalue weighted by molar-refractivity contribution is -0.159. The summed E-state index contributed by atoms with van der Waals surface area (Å²) >= 11 is 11.4. The van der Waals surface area contributed by atoms with Gasteiger partial charge in [-0.15, -0.1) is 0 Å². The van der Waals surface area contributed by atoms with E-state index in [1.54, 1.807) is 0 Å². The summed E-state index contributed by atoms with van der Waals surface area (Å²) in [7, 11) is 0. The lowest BCUT2D eigenvalue weighted by Gasteiger charge is -2.18. The van der Waals surface area contributed by atoms with E-state index in [4.69, 9.17) is 32.0 Å². The van der Waals surface area contributed by atoms with Crippen molar-refractivity contribution in [2.45, 2.75) is 206 Å². The second kappa shape index (κ2) is 32.7. The van der Waals surface area contributed by atoms with Crippen molar-refractivity contribution in [1.29, 1.82) is 0 Å². The van der Waals surface area contributed by atoms with Crippen molar-refractivity contribution < 1.29 is 23.6 Å². The lowest BCUT2D eigenvalue weighted by atomic mass is 10.0. The van der Waals surface area contributed by atoms with Gasteiger partial charge in [-0.25, -0.2) is 0 Å². The summed E-state index contributed by atoms with van der Waals surface area (Å²) in [5.41, 5.74) is 0. The predicted molar refractivity (Wildman–Crippen MR) is 190 cm³/mol. The van der Waals surface area contributed by atoms with Crippen LogP contribution >= 0.6 is 28.3 Å². The number of unbranched alkanes of at least 4 members (excludes halogenated alkanes) is 24. The maximum atomic E-state index is 12.4. The molecule has 0 fully saturated rings. The number of hydrogen-bond donors (Lipinski definition) is 0. The van der Waals surface area contributed by atoms with Crippen molar-refractivity contribution in [1.82, 2.24) is 0 Å². The smallest absolute Gasteiger partial charge is 0.306 e. The number of halogens is 2. The van der Waals surface area contributed by atoms with Gasteiger partial charge in [0.15, 0.2) is 0 Å². The molecule has 0 aliphatic heterocycles. The molecule has 262 valence electrons. The van der Waals surface area contributed by atoms with Crippen molar-refractivity contribution in [2.24, 2.45) is 0 Å². The van der Waals surface area contributed by atoms with E-state index in [2.05, 4.69) is 13.8 Å². The second-order valence-corrected chi connectivity index (χ2v) is 18.2. The molecule has 0 rings (SSSR count). The van der Waals surface area contributed by atoms with Crippen LogP contribution in [-0.2, 0) is 23.6 Å². The molecule has 8 heteroatoms. The summed E-state index contributed by atoms with van der Waals surface area (Å²) in [6, 6.07) is 0. The summed E-state index contributed by atoms with van der Waals surface area (Å²) < 4.78 is 22.8. The monoisotopic (exact) mass is 682 g/mol. The van der Waals surface area contributed by atoms with Crippen molar-refractivity contribution in [2.75, 3.05) is 12.8 Å². The molecule has 0 saturated heterocycles. The molecule has 0 N–H and O–H groups in total. The van der Waals surface area contributed by atoms with Crippen LogP contribution in [0.5, 0.6) is 0 Å². The molecule has 0 aromatic rings. The molecule has 0 bridgehead atoms. The molecule has 0 aromatic heterocycles. The maximum Gasteiger partial charge on any atom is 0.306 e. The van der Waals surface area contributed by atoms with E-state index >= 15 is 0 Å². The molecule has 0 unspecified atom stereocenters. The Morgan fingerprint density at radius 2 is 0.841 bits per heavy atom. The lowest BCUT2D eigenvalue weighted by Crippen LogP contribution is -2.26. The van der Waals surface area contributed by atoms with Gasteiger partial charge in [0.25, 0.3) is 5.85 Å². The van der Waals surface area contributed by atoms with E-state index < -0.39 is 12.0 Å². The zero-order valence-electron chi connectivity index (χ0n) is 28.7. The third kappa shape index (κ3) is 34.6. The van der Waals surface area contributed by atoms with Gasteiger partial charge < -0.3 is 9.47 Å². The Morgan fingerprint density at radius 1 is 0.523 bits per heavy atom. The largest absolute Gasteiger partial charge is 0.462 e. The fraction of sp³-hybridized carbons (Fsp3) is 0.944. The van der Waals surface area contributed by atoms with Gasteiger partial charge in [-0.3, -0.25) is 14.2 Å². The van der Waals surface area contributed by atoms with E-state index in [0.717, 1.165) is 38.5 Å². The van der Waals surface area contributed by atoms with E-state index in [-0.39, 0.29) is 31.1 Å². The average molecular weight is 684 g/mol. The first kappa shape index (κ1) is 43.8. The van der Waals surface area contributed by atoms with Gasteiger partial charge in [0.2, 0.25) is 0 Å². The summed E-state index contributed by atoms with van der Waals surface area (Å²) in [5, 5.41) is 0. The number of ether oxygens (including phenoxy) is 2. The fourth-order valence-corrected chi connectivity index (χ4v) is 6.72. The first-order chi connectivity index (χ1) is 21.3. The highest BCUT2D eigenvalue weighted by atomic mass is 35.9. The van der Waals surface area contributed by atoms with Gasteiger partial charge in [-0.1, -0.05) is 168 Å². The highest BCUT2D eigenvalue weighted by Gasteiger charge is 2.22. The third-order valence-corrected chi connectivity index (χ3v) is 10.2. The van der Waals surface area contributed by atoms with Gasteiger partial charge in [-0.05, 0) is 41.7 Å². The number of esters is 2. The second-order valence-electron chi connectivity index (χ2n) is 12.9. The van der Waals surface area contributed by atoms with Crippen molar-refractivity contribution in [3.8, 4) is 0 Å². The van der Waals surface area contributed by atoms with E-state index in [1.165, 1.54) is 128 Å². The van der Waals surface area contributed by atoms with Gasteiger partial charge in [0.1, 0.15) is 12.7 Å². The Balaban J connectivity index is 3.94. The van der Waals surface area contributed by atoms with Crippen LogP contribution in [0.1, 0.15) is 200 Å². The first-order valence-electron chi connectivity index (χ1n) is 18.6. The summed E-state index contributed by atoms with van der Waals surface area (Å²) in [4.78, 5) is 24.7. The highest BCUT2D eigenvalue weighted by molar-refractivity contribution is 8.08. The minimum Gasteiger partial charge on any atom is -0.462 e. The average Bonchev–Trinajstić information content (AvgIpc) is 2.98. The van der Waals surface area contributed by atoms with Crippen LogP contribution in [0.3, 0.4) is 0 Å². The minimum absolute atomic E-state index is 0.0171. The molecule has 0 aliphatic carbocycles. The molecule has 0 aliphatic rings. The molecule has 1 atom stereocenters. The number of rotatable bonds is 34. The standard InChI is InChI=1S/C36H69Cl2O5P/c1-3-5-7-9-11-13-15-17-19-21-23-25-27-29-35(39)42-33-34(31-32-44(37,38)41)43-36(40)30-28-26-24-22-20-18-16-14-12-10-8-6-4-2/h34H,3-33H2,1-2H3/t34-/m0/s1. The minimum atomic E-state index is -3.29. The van der Waals surface area contributed by atoms with Crippen LogP contribution in [0.4, 0.5) is 0 Å². The van der Waals surface area contributed by atoms with Crippen LogP contribution in [0, 0.1) is 0 Å². The molecule has 44 heavy (non-hydrogen) atoms. The Hall–Kier alpha value is -0.250. The Bertz CT molecular complexity index is 700. The van der Waals surface area contributed by atoms with Crippen molar-refractivity contribution in [3.05, 3.63) is 0 Å². The fourth-order valence-electron chi connectivity index (χ4n) is 5.55. The zero-order chi connectivity index (χ0) is 32.6. The summed E-state index contributed by atoms with van der Waals surface area (Å²) in [5.74, 6) is -3.89. The molecule has 0 aromatic carbocycles. The first-order valence-corrected chi connectivity index (χ1v) is 22.3. The molecular weight excluding hydrogens is 614 g/mol. The van der Waals surface area contributed by atoms with Crippen LogP contribution < -0.4 is 0 Å². The molecule has 5 nitrogen and oxygen atoms in total. The normalized spacial score (nSPS) is 12.4. The van der Waals surface area contributed by atoms with E-state index in [1.807, 2.05) is 0 Å². The van der Waals surface area contributed by atoms with Crippen LogP contribution in [0.25, 0.3) is 0 Å². The predicted octanol–water partition coefficient (Wildman–Crippen LogP) is 13.5. The summed E-state index contributed by atoms with van der Waals surface area (Å²) in [6.45, 7) is 4.46. The van der Waals surface area contributed by atoms with Gasteiger partial charge in [0, 0.05) is 19.0 Å². The van der Waals surface area contributed by atoms with Gasteiger partial charge >= 0.3 is 11.9 Å². The topological polar surface area (TPSA) is 69.7 Å². The van der Waals surface area contributed by atoms with Crippen LogP contribution in [-0.4, -0.2) is 30.8 Å². The Kier molecular flexibility index (Phi) is 32.5. The van der Waals surface area contributed by atoms with Crippen molar-refractivity contribution in [3.63, 3.8) is 0 Å². The molecule has 0 radical (unpaired) electrons. The molecule has 0 saturated carbocycles. The SMILES string of the molecule is CCCCCCCCCCCCCCCC(=O)OC[C@H](CCP(=O)(Cl)Cl)OC(=O)CCCCCCCCCCCCCCC.